The van der Waals surface area contributed by atoms with E-state index in [1.165, 1.54) is 0 Å². The van der Waals surface area contributed by atoms with Gasteiger partial charge in [-0.1, -0.05) is 52.3 Å². The molecule has 0 radical (unpaired) electrons. The normalized spacial score (nSPS) is 12.6. The third-order valence-electron chi connectivity index (χ3n) is 3.80. The zero-order valence-corrected chi connectivity index (χ0v) is 17.0. The van der Waals surface area contributed by atoms with Gasteiger partial charge in [0.25, 0.3) is 0 Å². The van der Waals surface area contributed by atoms with Crippen LogP contribution >= 0.6 is 15.9 Å². The van der Waals surface area contributed by atoms with E-state index in [1.807, 2.05) is 30.3 Å². The molecule has 0 fully saturated rings. The standard InChI is InChI=1S/C20H20BrN3O2S/c21-18-8-6-16(7-9-18)3-2-11-22-13-14-24-26-27(25)20-5-1-4-17-15-23-12-10-19(17)20/h1-10,12,15,22,24H,11,13-14H2/b3-2+. The molecule has 1 atom stereocenters. The fourth-order valence-corrected chi connectivity index (χ4v) is 3.57. The number of hydrogen-bond donors (Lipinski definition) is 2. The summed E-state index contributed by atoms with van der Waals surface area (Å²) < 4.78 is 18.7. The number of halogens is 1. The van der Waals surface area contributed by atoms with E-state index in [0.717, 1.165) is 27.4 Å². The number of aromatic nitrogens is 1. The van der Waals surface area contributed by atoms with Crippen molar-refractivity contribution in [1.82, 2.24) is 15.8 Å². The van der Waals surface area contributed by atoms with Crippen molar-refractivity contribution in [2.24, 2.45) is 0 Å². The van der Waals surface area contributed by atoms with Crippen LogP contribution in [0.2, 0.25) is 0 Å². The van der Waals surface area contributed by atoms with Crippen LogP contribution in [0, 0.1) is 0 Å². The van der Waals surface area contributed by atoms with E-state index in [1.54, 1.807) is 18.5 Å². The predicted octanol–water partition coefficient (Wildman–Crippen LogP) is 3.84. The number of nitrogens with zero attached hydrogens (tertiary/aromatic N) is 1. The van der Waals surface area contributed by atoms with Gasteiger partial charge in [-0.25, -0.2) is 4.21 Å². The van der Waals surface area contributed by atoms with E-state index < -0.39 is 11.1 Å². The van der Waals surface area contributed by atoms with E-state index in [4.69, 9.17) is 4.28 Å². The van der Waals surface area contributed by atoms with Crippen LogP contribution in [0.3, 0.4) is 0 Å². The fourth-order valence-electron chi connectivity index (χ4n) is 2.47. The highest BCUT2D eigenvalue weighted by atomic mass is 79.9. The molecule has 0 saturated carbocycles. The van der Waals surface area contributed by atoms with Gasteiger partial charge in [0, 0.05) is 47.3 Å². The fraction of sp³-hybridized carbons (Fsp3) is 0.150. The Bertz CT molecular complexity index is 927. The van der Waals surface area contributed by atoms with Crippen molar-refractivity contribution < 1.29 is 8.49 Å². The number of rotatable bonds is 9. The van der Waals surface area contributed by atoms with Gasteiger partial charge < -0.3 is 5.32 Å². The average Bonchev–Trinajstić information content (AvgIpc) is 2.70. The van der Waals surface area contributed by atoms with Crippen LogP contribution in [0.4, 0.5) is 0 Å². The van der Waals surface area contributed by atoms with Gasteiger partial charge in [-0.3, -0.25) is 4.98 Å². The summed E-state index contributed by atoms with van der Waals surface area (Å²) in [7, 11) is 0. The number of pyridine rings is 1. The minimum Gasteiger partial charge on any atom is -0.312 e. The highest BCUT2D eigenvalue weighted by Gasteiger charge is 2.09. The van der Waals surface area contributed by atoms with E-state index in [9.17, 15) is 4.21 Å². The maximum Gasteiger partial charge on any atom is 0.207 e. The van der Waals surface area contributed by atoms with Gasteiger partial charge in [0.05, 0.1) is 4.90 Å². The second kappa shape index (κ2) is 10.4. The van der Waals surface area contributed by atoms with Gasteiger partial charge in [0.15, 0.2) is 0 Å². The van der Waals surface area contributed by atoms with Gasteiger partial charge in [-0.05, 0) is 29.8 Å². The SMILES string of the molecule is O=S(ONCCNC/C=C/c1ccc(Br)cc1)c1cccc2cnccc12. The second-order valence-corrected chi connectivity index (χ2v) is 7.71. The summed E-state index contributed by atoms with van der Waals surface area (Å²) in [5, 5.41) is 5.08. The number of nitrogens with one attached hydrogen (secondary N) is 2. The van der Waals surface area contributed by atoms with E-state index >= 15 is 0 Å². The van der Waals surface area contributed by atoms with Gasteiger partial charge in [-0.15, -0.1) is 0 Å². The predicted molar refractivity (Wildman–Crippen MR) is 113 cm³/mol. The molecule has 7 heteroatoms. The van der Waals surface area contributed by atoms with Crippen molar-refractivity contribution in [1.29, 1.82) is 0 Å². The van der Waals surface area contributed by atoms with Gasteiger partial charge in [-0.2, -0.15) is 9.76 Å². The summed E-state index contributed by atoms with van der Waals surface area (Å²) in [6.07, 6.45) is 7.55. The molecule has 140 valence electrons. The summed E-state index contributed by atoms with van der Waals surface area (Å²) in [6.45, 7) is 1.99. The third kappa shape index (κ3) is 6.05. The Morgan fingerprint density at radius 3 is 2.81 bits per heavy atom. The Labute approximate surface area is 169 Å². The van der Waals surface area contributed by atoms with Crippen molar-refractivity contribution >= 4 is 43.9 Å². The van der Waals surface area contributed by atoms with Crippen molar-refractivity contribution in [2.45, 2.75) is 4.90 Å². The molecule has 1 unspecified atom stereocenters. The summed E-state index contributed by atoms with van der Waals surface area (Å²) >= 11 is 1.84. The lowest BCUT2D eigenvalue weighted by Gasteiger charge is -2.07. The molecule has 0 aliphatic rings. The van der Waals surface area contributed by atoms with E-state index in [0.29, 0.717) is 18.0 Å². The number of hydroxylamine groups is 1. The lowest BCUT2D eigenvalue weighted by Crippen LogP contribution is -2.28. The Morgan fingerprint density at radius 2 is 1.96 bits per heavy atom. The minimum atomic E-state index is -1.58. The number of hydrogen-bond acceptors (Lipinski definition) is 5. The first kappa shape index (κ1) is 19.9. The third-order valence-corrected chi connectivity index (χ3v) is 5.31. The Balaban J connectivity index is 1.36. The molecule has 2 N–H and O–H groups in total. The Hall–Kier alpha value is -1.90. The quantitative estimate of drug-likeness (QED) is 0.386. The second-order valence-electron chi connectivity index (χ2n) is 5.72. The van der Waals surface area contributed by atoms with Crippen LogP contribution < -0.4 is 10.8 Å². The Morgan fingerprint density at radius 1 is 1.11 bits per heavy atom. The van der Waals surface area contributed by atoms with E-state index in [2.05, 4.69) is 56.0 Å². The Kier molecular flexibility index (Phi) is 7.67. The topological polar surface area (TPSA) is 63.2 Å². The molecule has 3 rings (SSSR count). The number of fused-ring (bicyclic) bond motifs is 1. The van der Waals surface area contributed by atoms with Crippen molar-refractivity contribution in [3.8, 4) is 0 Å². The summed E-state index contributed by atoms with van der Waals surface area (Å²) in [4.78, 5) is 4.71. The molecule has 0 aliphatic heterocycles. The summed E-state index contributed by atoms with van der Waals surface area (Å²) in [6, 6.07) is 15.5. The van der Waals surface area contributed by atoms with Gasteiger partial charge >= 0.3 is 0 Å². The van der Waals surface area contributed by atoms with Crippen LogP contribution in [0.25, 0.3) is 16.8 Å². The molecule has 0 amide bonds. The highest BCUT2D eigenvalue weighted by molar-refractivity contribution is 9.10. The molecule has 27 heavy (non-hydrogen) atoms. The van der Waals surface area contributed by atoms with Crippen LogP contribution in [0.5, 0.6) is 0 Å². The maximum absolute atomic E-state index is 12.3. The van der Waals surface area contributed by atoms with Gasteiger partial charge in [0.1, 0.15) is 0 Å². The lowest BCUT2D eigenvalue weighted by molar-refractivity contribution is 0.222. The molecule has 0 spiro atoms. The van der Waals surface area contributed by atoms with Crippen LogP contribution in [0.15, 0.2) is 76.4 Å². The number of benzene rings is 2. The molecule has 5 nitrogen and oxygen atoms in total. The first-order valence-corrected chi connectivity index (χ1v) is 10.4. The van der Waals surface area contributed by atoms with Crippen molar-refractivity contribution in [2.75, 3.05) is 19.6 Å². The molecule has 1 heterocycles. The molecule has 0 aliphatic carbocycles. The lowest BCUT2D eigenvalue weighted by atomic mass is 10.2. The average molecular weight is 446 g/mol. The molecule has 3 aromatic rings. The highest BCUT2D eigenvalue weighted by Crippen LogP contribution is 2.20. The maximum atomic E-state index is 12.3. The molecular weight excluding hydrogens is 426 g/mol. The largest absolute Gasteiger partial charge is 0.312 e. The van der Waals surface area contributed by atoms with Crippen molar-refractivity contribution in [3.63, 3.8) is 0 Å². The molecule has 0 bridgehead atoms. The van der Waals surface area contributed by atoms with Crippen LogP contribution in [0.1, 0.15) is 5.56 Å². The van der Waals surface area contributed by atoms with E-state index in [-0.39, 0.29) is 0 Å². The van der Waals surface area contributed by atoms with Crippen LogP contribution in [-0.4, -0.2) is 28.8 Å². The van der Waals surface area contributed by atoms with Crippen LogP contribution in [-0.2, 0) is 15.4 Å². The molecule has 1 aromatic heterocycles. The molecular formula is C20H20BrN3O2S. The summed E-state index contributed by atoms with van der Waals surface area (Å²) in [5.74, 6) is 0. The van der Waals surface area contributed by atoms with Gasteiger partial charge in [0.2, 0.25) is 11.1 Å². The van der Waals surface area contributed by atoms with Crippen molar-refractivity contribution in [3.05, 3.63) is 77.0 Å². The molecule has 0 saturated heterocycles. The zero-order chi connectivity index (χ0) is 18.9. The first-order chi connectivity index (χ1) is 13.2. The molecule has 2 aromatic carbocycles. The smallest absolute Gasteiger partial charge is 0.207 e. The first-order valence-electron chi connectivity index (χ1n) is 8.51. The monoisotopic (exact) mass is 445 g/mol. The summed E-state index contributed by atoms with van der Waals surface area (Å²) in [5.41, 5.74) is 3.91. The minimum absolute atomic E-state index is 0.546. The zero-order valence-electron chi connectivity index (χ0n) is 14.6.